The Hall–Kier alpha value is -2.55. The van der Waals surface area contributed by atoms with E-state index in [1.807, 2.05) is 0 Å². The lowest BCUT2D eigenvalue weighted by Crippen LogP contribution is -2.28. The van der Waals surface area contributed by atoms with Crippen LogP contribution in [0.3, 0.4) is 0 Å². The molecule has 1 aromatic heterocycles. The van der Waals surface area contributed by atoms with Gasteiger partial charge in [0.15, 0.2) is 5.69 Å². The number of hydrogen-bond acceptors (Lipinski definition) is 5. The van der Waals surface area contributed by atoms with Gasteiger partial charge in [-0.2, -0.15) is 0 Å². The lowest BCUT2D eigenvalue weighted by Gasteiger charge is -2.13. The van der Waals surface area contributed by atoms with Crippen molar-refractivity contribution in [1.82, 2.24) is 10.5 Å². The molecule has 1 amide bonds. The Kier molecular flexibility index (Phi) is 4.89. The first kappa shape index (κ1) is 16.8. The molecule has 1 atom stereocenters. The highest BCUT2D eigenvalue weighted by atomic mass is 19.4. The van der Waals surface area contributed by atoms with Crippen molar-refractivity contribution in [2.24, 2.45) is 0 Å². The van der Waals surface area contributed by atoms with E-state index in [1.165, 1.54) is 18.2 Å². The topological polar surface area (TPSA) is 84.6 Å². The average molecular weight is 330 g/mol. The van der Waals surface area contributed by atoms with Gasteiger partial charge in [-0.3, -0.25) is 4.79 Å². The van der Waals surface area contributed by atoms with Gasteiger partial charge in [-0.05, 0) is 24.6 Å². The number of nitrogens with one attached hydrogen (secondary N) is 1. The van der Waals surface area contributed by atoms with Crippen LogP contribution < -0.4 is 10.1 Å². The van der Waals surface area contributed by atoms with Gasteiger partial charge in [0.05, 0.1) is 6.10 Å². The van der Waals surface area contributed by atoms with E-state index in [1.54, 1.807) is 6.92 Å². The summed E-state index contributed by atoms with van der Waals surface area (Å²) in [7, 11) is 0. The van der Waals surface area contributed by atoms with Crippen LogP contribution >= 0.6 is 0 Å². The minimum atomic E-state index is -4.77. The van der Waals surface area contributed by atoms with Crippen molar-refractivity contribution in [2.45, 2.75) is 19.4 Å². The van der Waals surface area contributed by atoms with Crippen molar-refractivity contribution in [1.29, 1.82) is 0 Å². The standard InChI is InChI=1S/C14H13F3N2O4/c1-8-6-11(19-23-8)13(21)18-7-12(20)9-2-4-10(5-3-9)22-14(15,16)17/h2-6,12,20H,7H2,1H3,(H,18,21). The van der Waals surface area contributed by atoms with E-state index in [4.69, 9.17) is 4.52 Å². The fraction of sp³-hybridized carbons (Fsp3) is 0.286. The predicted octanol–water partition coefficient (Wildman–Crippen LogP) is 2.35. The third-order valence-electron chi connectivity index (χ3n) is 2.82. The van der Waals surface area contributed by atoms with Crippen LogP contribution in [0.5, 0.6) is 5.75 Å². The lowest BCUT2D eigenvalue weighted by molar-refractivity contribution is -0.274. The number of amides is 1. The van der Waals surface area contributed by atoms with Gasteiger partial charge in [0.25, 0.3) is 5.91 Å². The van der Waals surface area contributed by atoms with Gasteiger partial charge in [-0.1, -0.05) is 17.3 Å². The zero-order valence-corrected chi connectivity index (χ0v) is 11.9. The van der Waals surface area contributed by atoms with Crippen molar-refractivity contribution >= 4 is 5.91 Å². The van der Waals surface area contributed by atoms with Crippen LogP contribution in [0.1, 0.15) is 27.9 Å². The Morgan fingerprint density at radius 3 is 2.57 bits per heavy atom. The fourth-order valence-electron chi connectivity index (χ4n) is 1.76. The normalized spacial score (nSPS) is 12.7. The van der Waals surface area contributed by atoms with Gasteiger partial charge in [-0.15, -0.1) is 13.2 Å². The summed E-state index contributed by atoms with van der Waals surface area (Å²) in [6.07, 6.45) is -5.86. The van der Waals surface area contributed by atoms with Crippen LogP contribution in [0.4, 0.5) is 13.2 Å². The van der Waals surface area contributed by atoms with Crippen molar-refractivity contribution in [2.75, 3.05) is 6.54 Å². The molecule has 0 fully saturated rings. The first-order valence-corrected chi connectivity index (χ1v) is 6.50. The molecule has 2 rings (SSSR count). The van der Waals surface area contributed by atoms with Crippen molar-refractivity contribution in [3.63, 3.8) is 0 Å². The molecule has 1 heterocycles. The fourth-order valence-corrected chi connectivity index (χ4v) is 1.76. The van der Waals surface area contributed by atoms with Crippen molar-refractivity contribution < 1.29 is 32.3 Å². The Labute approximate surface area is 128 Å². The molecule has 9 heteroatoms. The lowest BCUT2D eigenvalue weighted by atomic mass is 10.1. The van der Waals surface area contributed by atoms with Crippen LogP contribution in [0.2, 0.25) is 0 Å². The molecular formula is C14H13F3N2O4. The third-order valence-corrected chi connectivity index (χ3v) is 2.82. The zero-order valence-electron chi connectivity index (χ0n) is 11.9. The number of carbonyl (C=O) groups is 1. The number of nitrogens with zero attached hydrogens (tertiary/aromatic N) is 1. The molecule has 0 bridgehead atoms. The summed E-state index contributed by atoms with van der Waals surface area (Å²) in [6, 6.07) is 6.14. The molecule has 2 N–H and O–H groups in total. The molecule has 0 saturated heterocycles. The Bertz CT molecular complexity index is 667. The number of benzene rings is 1. The number of rotatable bonds is 5. The number of ether oxygens (including phenoxy) is 1. The smallest absolute Gasteiger partial charge is 0.406 e. The van der Waals surface area contributed by atoms with E-state index in [0.29, 0.717) is 11.3 Å². The maximum atomic E-state index is 12.0. The number of aryl methyl sites for hydroxylation is 1. The number of hydrogen-bond donors (Lipinski definition) is 2. The Morgan fingerprint density at radius 1 is 1.39 bits per heavy atom. The monoisotopic (exact) mass is 330 g/mol. The summed E-state index contributed by atoms with van der Waals surface area (Å²) in [5.41, 5.74) is 0.403. The second-order valence-electron chi connectivity index (χ2n) is 4.67. The number of carbonyl (C=O) groups excluding carboxylic acids is 1. The molecule has 6 nitrogen and oxygen atoms in total. The molecule has 0 aliphatic carbocycles. The summed E-state index contributed by atoms with van der Waals surface area (Å²) in [5, 5.41) is 15.9. The SMILES string of the molecule is Cc1cc(C(=O)NCC(O)c2ccc(OC(F)(F)F)cc2)no1. The van der Waals surface area contributed by atoms with Gasteiger partial charge in [0.2, 0.25) is 0 Å². The minimum absolute atomic E-state index is 0.0728. The maximum absolute atomic E-state index is 12.0. The molecule has 0 radical (unpaired) electrons. The third kappa shape index (κ3) is 4.99. The van der Waals surface area contributed by atoms with Crippen LogP contribution in [0, 0.1) is 6.92 Å². The molecule has 23 heavy (non-hydrogen) atoms. The quantitative estimate of drug-likeness (QED) is 0.879. The molecule has 0 saturated carbocycles. The highest BCUT2D eigenvalue weighted by Crippen LogP contribution is 2.24. The number of alkyl halides is 3. The summed E-state index contributed by atoms with van der Waals surface area (Å²) in [6.45, 7) is 1.49. The average Bonchev–Trinajstić information content (AvgIpc) is 2.90. The summed E-state index contributed by atoms with van der Waals surface area (Å²) < 4.78 is 44.6. The van der Waals surface area contributed by atoms with Crippen LogP contribution in [0.15, 0.2) is 34.9 Å². The van der Waals surface area contributed by atoms with Gasteiger partial charge >= 0.3 is 6.36 Å². The summed E-state index contributed by atoms with van der Waals surface area (Å²) in [5.74, 6) is -0.454. The number of aromatic nitrogens is 1. The number of aliphatic hydroxyl groups is 1. The Morgan fingerprint density at radius 2 is 2.04 bits per heavy atom. The van der Waals surface area contributed by atoms with Gasteiger partial charge in [0.1, 0.15) is 11.5 Å². The molecule has 1 aromatic carbocycles. The highest BCUT2D eigenvalue weighted by molar-refractivity contribution is 5.92. The van der Waals surface area contributed by atoms with Gasteiger partial charge in [-0.25, -0.2) is 0 Å². The minimum Gasteiger partial charge on any atom is -0.406 e. The largest absolute Gasteiger partial charge is 0.573 e. The number of halogens is 3. The predicted molar refractivity (Wildman–Crippen MR) is 71.7 cm³/mol. The second kappa shape index (κ2) is 6.69. The molecule has 0 aliphatic heterocycles. The molecule has 1 unspecified atom stereocenters. The van der Waals surface area contributed by atoms with Gasteiger partial charge < -0.3 is 19.7 Å². The summed E-state index contributed by atoms with van der Waals surface area (Å²) in [4.78, 5) is 11.7. The highest BCUT2D eigenvalue weighted by Gasteiger charge is 2.31. The molecule has 0 aliphatic rings. The first-order chi connectivity index (χ1) is 10.7. The maximum Gasteiger partial charge on any atom is 0.573 e. The van der Waals surface area contributed by atoms with E-state index in [-0.39, 0.29) is 12.2 Å². The van der Waals surface area contributed by atoms with E-state index >= 15 is 0 Å². The van der Waals surface area contributed by atoms with Crippen LogP contribution in [-0.2, 0) is 0 Å². The van der Waals surface area contributed by atoms with E-state index in [0.717, 1.165) is 12.1 Å². The zero-order chi connectivity index (χ0) is 17.0. The second-order valence-corrected chi connectivity index (χ2v) is 4.67. The first-order valence-electron chi connectivity index (χ1n) is 6.50. The molecule has 0 spiro atoms. The Balaban J connectivity index is 1.90. The number of aliphatic hydroxyl groups excluding tert-OH is 1. The van der Waals surface area contributed by atoms with Crippen molar-refractivity contribution in [3.05, 3.63) is 47.3 Å². The van der Waals surface area contributed by atoms with Gasteiger partial charge in [0, 0.05) is 12.6 Å². The van der Waals surface area contributed by atoms with Crippen LogP contribution in [0.25, 0.3) is 0 Å². The molecule has 124 valence electrons. The van der Waals surface area contributed by atoms with E-state index < -0.39 is 24.1 Å². The van der Waals surface area contributed by atoms with E-state index in [9.17, 15) is 23.1 Å². The van der Waals surface area contributed by atoms with Crippen molar-refractivity contribution in [3.8, 4) is 5.75 Å². The summed E-state index contributed by atoms with van der Waals surface area (Å²) >= 11 is 0. The molecular weight excluding hydrogens is 317 g/mol. The van der Waals surface area contributed by atoms with Crippen LogP contribution in [-0.4, -0.2) is 29.1 Å². The molecule has 2 aromatic rings. The van der Waals surface area contributed by atoms with E-state index in [2.05, 4.69) is 15.2 Å².